The molecule has 2 aromatic rings. The number of likely N-dealkylation sites (tertiary alicyclic amines) is 1. The number of nitrogens with zero attached hydrogens (tertiary/aromatic N) is 3. The summed E-state index contributed by atoms with van der Waals surface area (Å²) in [5, 5.41) is 4.25. The Hall–Kier alpha value is -1.61. The fraction of sp³-hybridized carbons (Fsp3) is 0.438. The lowest BCUT2D eigenvalue weighted by Gasteiger charge is -2.16. The molecular weight excluding hydrogens is 234 g/mol. The quantitative estimate of drug-likeness (QED) is 0.818. The first-order chi connectivity index (χ1) is 9.40. The Kier molecular flexibility index (Phi) is 3.94. The van der Waals surface area contributed by atoms with Gasteiger partial charge in [-0.25, -0.2) is 0 Å². The minimum atomic E-state index is 0.819. The van der Waals surface area contributed by atoms with Gasteiger partial charge >= 0.3 is 0 Å². The van der Waals surface area contributed by atoms with Gasteiger partial charge in [0.05, 0.1) is 6.54 Å². The standard InChI is InChI=1S/C16H21N3/c1-2-5-15(6-3-1)13-16-7-10-18(14-16)11-12-19-9-4-8-17-19/h1-6,8-9,16H,7,10-14H2. The molecule has 0 aliphatic carbocycles. The van der Waals surface area contributed by atoms with Crippen LogP contribution in [0, 0.1) is 5.92 Å². The zero-order valence-corrected chi connectivity index (χ0v) is 11.3. The Morgan fingerprint density at radius 1 is 1.11 bits per heavy atom. The van der Waals surface area contributed by atoms with Gasteiger partial charge in [-0.1, -0.05) is 30.3 Å². The number of hydrogen-bond donors (Lipinski definition) is 0. The maximum absolute atomic E-state index is 4.25. The van der Waals surface area contributed by atoms with E-state index in [2.05, 4.69) is 40.3 Å². The normalized spacial score (nSPS) is 19.9. The van der Waals surface area contributed by atoms with Crippen LogP contribution in [0.3, 0.4) is 0 Å². The molecule has 1 aliphatic rings. The van der Waals surface area contributed by atoms with Crippen LogP contribution in [0.15, 0.2) is 48.8 Å². The molecule has 19 heavy (non-hydrogen) atoms. The van der Waals surface area contributed by atoms with Gasteiger partial charge in [0.25, 0.3) is 0 Å². The van der Waals surface area contributed by atoms with Crippen molar-refractivity contribution in [2.24, 2.45) is 5.92 Å². The molecule has 0 radical (unpaired) electrons. The number of hydrogen-bond acceptors (Lipinski definition) is 2. The summed E-state index contributed by atoms with van der Waals surface area (Å²) in [6, 6.07) is 12.8. The topological polar surface area (TPSA) is 21.1 Å². The molecule has 2 heterocycles. The molecule has 1 aliphatic heterocycles. The lowest BCUT2D eigenvalue weighted by molar-refractivity contribution is 0.303. The first-order valence-corrected chi connectivity index (χ1v) is 7.14. The summed E-state index contributed by atoms with van der Waals surface area (Å²) >= 11 is 0. The van der Waals surface area contributed by atoms with Gasteiger partial charge in [-0.2, -0.15) is 5.10 Å². The van der Waals surface area contributed by atoms with Gasteiger partial charge in [0.2, 0.25) is 0 Å². The van der Waals surface area contributed by atoms with Gasteiger partial charge in [-0.3, -0.25) is 4.68 Å². The van der Waals surface area contributed by atoms with Crippen molar-refractivity contribution in [1.82, 2.24) is 14.7 Å². The maximum atomic E-state index is 4.25. The highest BCUT2D eigenvalue weighted by atomic mass is 15.3. The average Bonchev–Trinajstić information content (AvgIpc) is 3.09. The largest absolute Gasteiger partial charge is 0.301 e. The predicted octanol–water partition coefficient (Wildman–Crippen LogP) is 2.45. The van der Waals surface area contributed by atoms with Crippen molar-refractivity contribution in [3.63, 3.8) is 0 Å². The zero-order valence-electron chi connectivity index (χ0n) is 11.3. The molecule has 0 bridgehead atoms. The SMILES string of the molecule is c1ccc(CC2CCN(CCn3cccn3)C2)cc1. The van der Waals surface area contributed by atoms with E-state index >= 15 is 0 Å². The molecule has 1 unspecified atom stereocenters. The van der Waals surface area contributed by atoms with E-state index in [-0.39, 0.29) is 0 Å². The lowest BCUT2D eigenvalue weighted by Crippen LogP contribution is -2.25. The fourth-order valence-electron chi connectivity index (χ4n) is 2.91. The molecule has 0 N–H and O–H groups in total. The number of aromatic nitrogens is 2. The molecule has 1 aromatic carbocycles. The third kappa shape index (κ3) is 3.44. The highest BCUT2D eigenvalue weighted by molar-refractivity contribution is 5.15. The Morgan fingerprint density at radius 3 is 2.79 bits per heavy atom. The molecule has 0 saturated carbocycles. The van der Waals surface area contributed by atoms with Crippen LogP contribution in [0.5, 0.6) is 0 Å². The van der Waals surface area contributed by atoms with Crippen molar-refractivity contribution in [3.05, 3.63) is 54.4 Å². The van der Waals surface area contributed by atoms with Crippen LogP contribution in [0.25, 0.3) is 0 Å². The molecule has 0 amide bonds. The molecule has 0 spiro atoms. The highest BCUT2D eigenvalue weighted by Gasteiger charge is 2.22. The minimum Gasteiger partial charge on any atom is -0.301 e. The van der Waals surface area contributed by atoms with E-state index in [1.807, 2.05) is 23.1 Å². The summed E-state index contributed by atoms with van der Waals surface area (Å²) in [5.41, 5.74) is 1.47. The van der Waals surface area contributed by atoms with Gasteiger partial charge in [-0.15, -0.1) is 0 Å². The predicted molar refractivity (Wildman–Crippen MR) is 76.9 cm³/mol. The molecule has 3 rings (SSSR count). The van der Waals surface area contributed by atoms with Crippen LogP contribution in [-0.4, -0.2) is 34.3 Å². The summed E-state index contributed by atoms with van der Waals surface area (Å²) in [4.78, 5) is 2.56. The highest BCUT2D eigenvalue weighted by Crippen LogP contribution is 2.20. The first kappa shape index (κ1) is 12.4. The number of benzene rings is 1. The van der Waals surface area contributed by atoms with Crippen molar-refractivity contribution in [2.45, 2.75) is 19.4 Å². The van der Waals surface area contributed by atoms with Crippen molar-refractivity contribution in [2.75, 3.05) is 19.6 Å². The average molecular weight is 255 g/mol. The van der Waals surface area contributed by atoms with Crippen LogP contribution >= 0.6 is 0 Å². The Labute approximate surface area is 114 Å². The van der Waals surface area contributed by atoms with Crippen LogP contribution in [0.4, 0.5) is 0 Å². The Morgan fingerprint density at radius 2 is 2.00 bits per heavy atom. The van der Waals surface area contributed by atoms with Crippen LogP contribution in [-0.2, 0) is 13.0 Å². The second-order valence-corrected chi connectivity index (χ2v) is 5.41. The van der Waals surface area contributed by atoms with Crippen molar-refractivity contribution in [3.8, 4) is 0 Å². The third-order valence-corrected chi connectivity index (χ3v) is 3.94. The van der Waals surface area contributed by atoms with Gasteiger partial charge < -0.3 is 4.90 Å². The first-order valence-electron chi connectivity index (χ1n) is 7.14. The van der Waals surface area contributed by atoms with E-state index in [1.165, 1.54) is 31.5 Å². The summed E-state index contributed by atoms with van der Waals surface area (Å²) in [5.74, 6) is 0.819. The van der Waals surface area contributed by atoms with Crippen molar-refractivity contribution >= 4 is 0 Å². The zero-order chi connectivity index (χ0) is 12.9. The lowest BCUT2D eigenvalue weighted by atomic mass is 9.99. The van der Waals surface area contributed by atoms with E-state index in [0.29, 0.717) is 0 Å². The third-order valence-electron chi connectivity index (χ3n) is 3.94. The minimum absolute atomic E-state index is 0.819. The maximum Gasteiger partial charge on any atom is 0.0536 e. The van der Waals surface area contributed by atoms with Gasteiger partial charge in [-0.05, 0) is 36.9 Å². The molecule has 3 nitrogen and oxygen atoms in total. The van der Waals surface area contributed by atoms with E-state index < -0.39 is 0 Å². The summed E-state index contributed by atoms with van der Waals surface area (Å²) < 4.78 is 2.02. The molecule has 1 saturated heterocycles. The summed E-state index contributed by atoms with van der Waals surface area (Å²) in [6.45, 7) is 4.59. The molecular formula is C16H21N3. The fourth-order valence-corrected chi connectivity index (χ4v) is 2.91. The molecule has 1 aromatic heterocycles. The second-order valence-electron chi connectivity index (χ2n) is 5.41. The van der Waals surface area contributed by atoms with Crippen LogP contribution in [0.1, 0.15) is 12.0 Å². The van der Waals surface area contributed by atoms with Crippen LogP contribution in [0.2, 0.25) is 0 Å². The molecule has 3 heteroatoms. The molecule has 1 fully saturated rings. The van der Waals surface area contributed by atoms with Gasteiger partial charge in [0.1, 0.15) is 0 Å². The monoisotopic (exact) mass is 255 g/mol. The van der Waals surface area contributed by atoms with Crippen molar-refractivity contribution < 1.29 is 0 Å². The van der Waals surface area contributed by atoms with E-state index in [1.54, 1.807) is 0 Å². The molecule has 100 valence electrons. The summed E-state index contributed by atoms with van der Waals surface area (Å²) in [6.07, 6.45) is 6.44. The second kappa shape index (κ2) is 6.02. The van der Waals surface area contributed by atoms with Crippen LogP contribution < -0.4 is 0 Å². The smallest absolute Gasteiger partial charge is 0.0536 e. The van der Waals surface area contributed by atoms with E-state index in [4.69, 9.17) is 0 Å². The number of rotatable bonds is 5. The van der Waals surface area contributed by atoms with Gasteiger partial charge in [0, 0.05) is 25.5 Å². The molecule has 1 atom stereocenters. The Balaban J connectivity index is 1.45. The van der Waals surface area contributed by atoms with E-state index in [0.717, 1.165) is 19.0 Å². The van der Waals surface area contributed by atoms with E-state index in [9.17, 15) is 0 Å². The van der Waals surface area contributed by atoms with Gasteiger partial charge in [0.15, 0.2) is 0 Å². The van der Waals surface area contributed by atoms with Crippen molar-refractivity contribution in [1.29, 1.82) is 0 Å². The Bertz CT molecular complexity index is 478. The summed E-state index contributed by atoms with van der Waals surface area (Å²) in [7, 11) is 0.